The van der Waals surface area contributed by atoms with Gasteiger partial charge in [0.05, 0.1) is 12.2 Å². The molecule has 0 saturated carbocycles. The number of fused-ring (bicyclic) bond motifs is 2. The molecule has 2 aromatic rings. The number of para-hydroxylation sites is 1. The Morgan fingerprint density at radius 2 is 2.06 bits per heavy atom. The number of hydrogen-bond donors (Lipinski definition) is 1. The highest BCUT2D eigenvalue weighted by Gasteiger charge is 2.56. The quantitative estimate of drug-likeness (QED) is 0.704. The monoisotopic (exact) mass is 453 g/mol. The van der Waals surface area contributed by atoms with Crippen LogP contribution in [0.2, 0.25) is 0 Å². The van der Waals surface area contributed by atoms with Gasteiger partial charge in [0.1, 0.15) is 16.6 Å². The number of carbonyl (C=O) groups is 1. The summed E-state index contributed by atoms with van der Waals surface area (Å²) >= 11 is 1.06. The van der Waals surface area contributed by atoms with E-state index in [0.717, 1.165) is 23.9 Å². The molecule has 2 aromatic carbocycles. The minimum atomic E-state index is -4.64. The van der Waals surface area contributed by atoms with Crippen molar-refractivity contribution < 1.29 is 27.1 Å². The molecule has 5 nitrogen and oxygen atoms in total. The average molecular weight is 453 g/mol. The smallest absolute Gasteiger partial charge is 0.416 e. The third kappa shape index (κ3) is 3.57. The summed E-state index contributed by atoms with van der Waals surface area (Å²) in [6.07, 6.45) is -4.17. The predicted molar refractivity (Wildman–Crippen MR) is 109 cm³/mol. The summed E-state index contributed by atoms with van der Waals surface area (Å²) in [5, 5.41) is 5.54. The number of amides is 1. The molecule has 1 spiro atoms. The van der Waals surface area contributed by atoms with Gasteiger partial charge >= 0.3 is 6.18 Å². The molecule has 2 N–H and O–H groups in total. The lowest BCUT2D eigenvalue weighted by atomic mass is 9.86. The highest BCUT2D eigenvalue weighted by atomic mass is 32.2. The number of alkyl halides is 3. The Bertz CT molecular complexity index is 1060. The largest absolute Gasteiger partial charge is 0.493 e. The van der Waals surface area contributed by atoms with Crippen molar-refractivity contribution in [1.82, 2.24) is 5.01 Å². The van der Waals surface area contributed by atoms with Crippen LogP contribution in [0.5, 0.6) is 5.75 Å². The molecule has 10 heteroatoms. The Labute approximate surface area is 180 Å². The van der Waals surface area contributed by atoms with Gasteiger partial charge in [0.2, 0.25) is 5.91 Å². The molecular formula is C21H19F4N3O2S. The van der Waals surface area contributed by atoms with Crippen molar-refractivity contribution in [2.45, 2.75) is 24.4 Å². The molecule has 164 valence electrons. The number of nitrogens with zero attached hydrogens (tertiary/aromatic N) is 2. The Balaban J connectivity index is 1.88. The van der Waals surface area contributed by atoms with Gasteiger partial charge in [-0.25, -0.2) is 9.40 Å². The Morgan fingerprint density at radius 1 is 1.32 bits per heavy atom. The van der Waals surface area contributed by atoms with Crippen molar-refractivity contribution in [3.8, 4) is 5.75 Å². The molecule has 2 atom stereocenters. The van der Waals surface area contributed by atoms with Crippen LogP contribution < -0.4 is 10.5 Å². The standard InChI is InChI=1S/C21H19F4N3O2S/c1-12(29)28-20(14(8-9-26)11-30-18-5-3-2-4-16(18)20)31-19(27-28)15-10-13(21(23,24)25)6-7-17(15)22/h2-7,10,14H,8-9,11,26H2,1H3. The van der Waals surface area contributed by atoms with Crippen molar-refractivity contribution in [3.63, 3.8) is 0 Å². The van der Waals surface area contributed by atoms with E-state index in [1.807, 2.05) is 0 Å². The van der Waals surface area contributed by atoms with Crippen molar-refractivity contribution in [2.24, 2.45) is 16.8 Å². The average Bonchev–Trinajstić information content (AvgIpc) is 3.11. The van der Waals surface area contributed by atoms with Crippen molar-refractivity contribution in [2.75, 3.05) is 13.2 Å². The number of carbonyl (C=O) groups excluding carboxylic acids is 1. The van der Waals surface area contributed by atoms with Crippen LogP contribution in [0.15, 0.2) is 47.6 Å². The van der Waals surface area contributed by atoms with E-state index in [2.05, 4.69) is 5.10 Å². The highest BCUT2D eigenvalue weighted by molar-refractivity contribution is 8.15. The van der Waals surface area contributed by atoms with Gasteiger partial charge in [-0.1, -0.05) is 30.0 Å². The van der Waals surface area contributed by atoms with Crippen LogP contribution in [-0.4, -0.2) is 29.1 Å². The third-order valence-corrected chi connectivity index (χ3v) is 6.89. The predicted octanol–water partition coefficient (Wildman–Crippen LogP) is 4.31. The minimum absolute atomic E-state index is 0.00229. The highest BCUT2D eigenvalue weighted by Crippen LogP contribution is 2.57. The SMILES string of the molecule is CC(=O)N1N=C(c2cc(C(F)(F)F)ccc2F)SC12c1ccccc1OCC2CCN. The Morgan fingerprint density at radius 3 is 2.74 bits per heavy atom. The van der Waals surface area contributed by atoms with Gasteiger partial charge in [-0.15, -0.1) is 0 Å². The second kappa shape index (κ2) is 7.83. The zero-order chi connectivity index (χ0) is 22.4. The number of nitrogens with two attached hydrogens (primary N) is 1. The van der Waals surface area contributed by atoms with Crippen molar-refractivity contribution in [1.29, 1.82) is 0 Å². The zero-order valence-corrected chi connectivity index (χ0v) is 17.3. The molecule has 2 unspecified atom stereocenters. The lowest BCUT2D eigenvalue weighted by molar-refractivity contribution is -0.137. The second-order valence-corrected chi connectivity index (χ2v) is 8.52. The first-order valence-electron chi connectivity index (χ1n) is 9.56. The molecule has 0 aromatic heterocycles. The number of benzene rings is 2. The maximum Gasteiger partial charge on any atom is 0.416 e. The normalized spacial score (nSPS) is 22.8. The maximum atomic E-state index is 14.6. The first-order valence-corrected chi connectivity index (χ1v) is 10.4. The van der Waals surface area contributed by atoms with Gasteiger partial charge in [0, 0.05) is 24.0 Å². The molecule has 0 saturated heterocycles. The van der Waals surface area contributed by atoms with Crippen LogP contribution in [0.25, 0.3) is 0 Å². The summed E-state index contributed by atoms with van der Waals surface area (Å²) in [6.45, 7) is 1.85. The Hall–Kier alpha value is -2.59. The van der Waals surface area contributed by atoms with Crippen LogP contribution in [0.4, 0.5) is 17.6 Å². The van der Waals surface area contributed by atoms with Gasteiger partial charge in [0.15, 0.2) is 4.87 Å². The number of hydrogen-bond acceptors (Lipinski definition) is 5. The number of thioether (sulfide) groups is 1. The molecular weight excluding hydrogens is 434 g/mol. The molecule has 0 fully saturated rings. The minimum Gasteiger partial charge on any atom is -0.493 e. The third-order valence-electron chi connectivity index (χ3n) is 5.36. The van der Waals surface area contributed by atoms with Crippen LogP contribution in [0, 0.1) is 11.7 Å². The van der Waals surface area contributed by atoms with E-state index in [0.29, 0.717) is 30.3 Å². The van der Waals surface area contributed by atoms with E-state index in [1.54, 1.807) is 24.3 Å². The summed E-state index contributed by atoms with van der Waals surface area (Å²) < 4.78 is 60.2. The fourth-order valence-corrected chi connectivity index (χ4v) is 5.54. The van der Waals surface area contributed by atoms with Gasteiger partial charge in [-0.3, -0.25) is 4.79 Å². The van der Waals surface area contributed by atoms with Crippen molar-refractivity contribution in [3.05, 3.63) is 65.0 Å². The van der Waals surface area contributed by atoms with E-state index in [-0.39, 0.29) is 23.1 Å². The van der Waals surface area contributed by atoms with Gasteiger partial charge in [-0.2, -0.15) is 18.3 Å². The van der Waals surface area contributed by atoms with Crippen LogP contribution in [0.1, 0.15) is 30.0 Å². The summed E-state index contributed by atoms with van der Waals surface area (Å²) in [4.78, 5) is 11.5. The van der Waals surface area contributed by atoms with Gasteiger partial charge in [-0.05, 0) is 37.2 Å². The molecule has 2 heterocycles. The Kier molecular flexibility index (Phi) is 5.47. The lowest BCUT2D eigenvalue weighted by Crippen LogP contribution is -2.51. The lowest BCUT2D eigenvalue weighted by Gasteiger charge is -2.45. The molecule has 0 bridgehead atoms. The van der Waals surface area contributed by atoms with Crippen LogP contribution in [-0.2, 0) is 15.8 Å². The number of hydrazone groups is 1. The van der Waals surface area contributed by atoms with Gasteiger partial charge in [0.25, 0.3) is 0 Å². The summed E-state index contributed by atoms with van der Waals surface area (Å²) in [5.74, 6) is -1.05. The maximum absolute atomic E-state index is 14.6. The molecule has 2 aliphatic heterocycles. The first kappa shape index (κ1) is 21.6. The molecule has 0 aliphatic carbocycles. The van der Waals surface area contributed by atoms with E-state index >= 15 is 0 Å². The van der Waals surface area contributed by atoms with E-state index in [9.17, 15) is 22.4 Å². The van der Waals surface area contributed by atoms with Crippen LogP contribution >= 0.6 is 11.8 Å². The molecule has 1 amide bonds. The van der Waals surface area contributed by atoms with E-state index < -0.39 is 28.3 Å². The molecule has 4 rings (SSSR count). The van der Waals surface area contributed by atoms with Crippen LogP contribution in [0.3, 0.4) is 0 Å². The second-order valence-electron chi connectivity index (χ2n) is 7.31. The fourth-order valence-electron chi connectivity index (χ4n) is 3.97. The molecule has 31 heavy (non-hydrogen) atoms. The zero-order valence-electron chi connectivity index (χ0n) is 16.4. The van der Waals surface area contributed by atoms with E-state index in [4.69, 9.17) is 10.5 Å². The summed E-state index contributed by atoms with van der Waals surface area (Å²) in [6, 6.07) is 9.25. The van der Waals surface area contributed by atoms with E-state index in [1.165, 1.54) is 11.9 Å². The number of halogens is 4. The summed E-state index contributed by atoms with van der Waals surface area (Å²) in [7, 11) is 0. The fraction of sp³-hybridized carbons (Fsp3) is 0.333. The van der Waals surface area contributed by atoms with Crippen molar-refractivity contribution >= 4 is 22.7 Å². The van der Waals surface area contributed by atoms with Gasteiger partial charge < -0.3 is 10.5 Å². The molecule has 0 radical (unpaired) electrons. The summed E-state index contributed by atoms with van der Waals surface area (Å²) in [5.41, 5.74) is 5.14. The number of rotatable bonds is 3. The first-order chi connectivity index (χ1) is 14.7. The topological polar surface area (TPSA) is 67.9 Å². The number of ether oxygens (including phenoxy) is 1. The molecule has 2 aliphatic rings.